The standard InChI is InChI=1S/C23H36N4O2/c1-4-5-11-27(12-13-28)18-22-10-9-21(16-25-22)20-8-6-7-19(14-20)17-26(2)23(15-24)29-3/h6-10,14,16,23,28H,4-5,11-13,15,17-18,24H2,1-3H3. The molecular formula is C23H36N4O2. The lowest BCUT2D eigenvalue weighted by Crippen LogP contribution is -2.38. The van der Waals surface area contributed by atoms with E-state index in [2.05, 4.69) is 58.1 Å². The minimum atomic E-state index is -0.0887. The molecule has 1 heterocycles. The Morgan fingerprint density at radius 2 is 1.97 bits per heavy atom. The molecule has 29 heavy (non-hydrogen) atoms. The predicted octanol–water partition coefficient (Wildman–Crippen LogP) is 2.71. The van der Waals surface area contributed by atoms with Gasteiger partial charge < -0.3 is 15.6 Å². The molecule has 2 rings (SSSR count). The van der Waals surface area contributed by atoms with Gasteiger partial charge in [-0.3, -0.25) is 14.8 Å². The Kier molecular flexibility index (Phi) is 10.2. The van der Waals surface area contributed by atoms with Crippen LogP contribution in [0.25, 0.3) is 11.1 Å². The second-order valence-electron chi connectivity index (χ2n) is 7.43. The van der Waals surface area contributed by atoms with Crippen molar-refractivity contribution in [3.63, 3.8) is 0 Å². The number of nitrogens with two attached hydrogens (primary N) is 1. The highest BCUT2D eigenvalue weighted by Gasteiger charge is 2.12. The average Bonchev–Trinajstić information content (AvgIpc) is 2.74. The van der Waals surface area contributed by atoms with Gasteiger partial charge in [-0.15, -0.1) is 0 Å². The molecule has 0 bridgehead atoms. The van der Waals surface area contributed by atoms with Gasteiger partial charge in [0.15, 0.2) is 0 Å². The second-order valence-corrected chi connectivity index (χ2v) is 7.43. The first-order valence-electron chi connectivity index (χ1n) is 10.4. The lowest BCUT2D eigenvalue weighted by Gasteiger charge is -2.25. The third-order valence-electron chi connectivity index (χ3n) is 5.11. The lowest BCUT2D eigenvalue weighted by molar-refractivity contribution is -0.0150. The van der Waals surface area contributed by atoms with Gasteiger partial charge >= 0.3 is 0 Å². The fraction of sp³-hybridized carbons (Fsp3) is 0.522. The molecule has 1 aromatic heterocycles. The second kappa shape index (κ2) is 12.7. The molecule has 0 radical (unpaired) electrons. The Morgan fingerprint density at radius 1 is 1.14 bits per heavy atom. The number of benzene rings is 1. The van der Waals surface area contributed by atoms with Gasteiger partial charge in [-0.05, 0) is 43.3 Å². The molecule has 2 aromatic rings. The number of aliphatic hydroxyl groups excluding tert-OH is 1. The van der Waals surface area contributed by atoms with Crippen LogP contribution in [0.3, 0.4) is 0 Å². The number of aromatic nitrogens is 1. The van der Waals surface area contributed by atoms with Gasteiger partial charge in [0.1, 0.15) is 6.23 Å². The SMILES string of the molecule is CCCCN(CCO)Cc1ccc(-c2cccc(CN(C)C(CN)OC)c2)cn1. The number of nitrogens with zero attached hydrogens (tertiary/aromatic N) is 3. The summed E-state index contributed by atoms with van der Waals surface area (Å²) in [5.74, 6) is 0. The van der Waals surface area contributed by atoms with Crippen LogP contribution in [0.2, 0.25) is 0 Å². The molecule has 1 unspecified atom stereocenters. The fourth-order valence-corrected chi connectivity index (χ4v) is 3.41. The zero-order chi connectivity index (χ0) is 21.1. The average molecular weight is 401 g/mol. The molecule has 0 saturated carbocycles. The highest BCUT2D eigenvalue weighted by Crippen LogP contribution is 2.21. The number of unbranched alkanes of at least 4 members (excludes halogenated alkanes) is 1. The Hall–Kier alpha value is -1.83. The van der Waals surface area contributed by atoms with Gasteiger partial charge in [-0.2, -0.15) is 0 Å². The number of pyridine rings is 1. The summed E-state index contributed by atoms with van der Waals surface area (Å²) in [4.78, 5) is 9.02. The highest BCUT2D eigenvalue weighted by molar-refractivity contribution is 5.63. The van der Waals surface area contributed by atoms with E-state index in [0.717, 1.165) is 49.3 Å². The molecular weight excluding hydrogens is 364 g/mol. The van der Waals surface area contributed by atoms with Crippen LogP contribution in [0.4, 0.5) is 0 Å². The third-order valence-corrected chi connectivity index (χ3v) is 5.11. The van der Waals surface area contributed by atoms with E-state index in [4.69, 9.17) is 10.5 Å². The minimum Gasteiger partial charge on any atom is -0.395 e. The van der Waals surface area contributed by atoms with E-state index in [-0.39, 0.29) is 12.8 Å². The Balaban J connectivity index is 2.05. The van der Waals surface area contributed by atoms with Crippen LogP contribution < -0.4 is 5.73 Å². The first-order valence-corrected chi connectivity index (χ1v) is 10.4. The van der Waals surface area contributed by atoms with Crippen LogP contribution in [0.5, 0.6) is 0 Å². The van der Waals surface area contributed by atoms with Crippen molar-refractivity contribution in [1.29, 1.82) is 0 Å². The van der Waals surface area contributed by atoms with Gasteiger partial charge in [0.25, 0.3) is 0 Å². The van der Waals surface area contributed by atoms with E-state index < -0.39 is 0 Å². The molecule has 0 saturated heterocycles. The van der Waals surface area contributed by atoms with Crippen molar-refractivity contribution >= 4 is 0 Å². The van der Waals surface area contributed by atoms with Crippen molar-refractivity contribution < 1.29 is 9.84 Å². The Bertz CT molecular complexity index is 704. The summed E-state index contributed by atoms with van der Waals surface area (Å²) in [6.45, 7) is 6.03. The molecule has 1 aromatic carbocycles. The maximum Gasteiger partial charge on any atom is 0.122 e. The van der Waals surface area contributed by atoms with Crippen molar-refractivity contribution in [3.05, 3.63) is 53.9 Å². The molecule has 1 atom stereocenters. The molecule has 0 spiro atoms. The molecule has 6 nitrogen and oxygen atoms in total. The largest absolute Gasteiger partial charge is 0.395 e. The molecule has 0 amide bonds. The smallest absolute Gasteiger partial charge is 0.122 e. The van der Waals surface area contributed by atoms with E-state index in [1.807, 2.05) is 13.2 Å². The fourth-order valence-electron chi connectivity index (χ4n) is 3.41. The van der Waals surface area contributed by atoms with Crippen LogP contribution in [-0.2, 0) is 17.8 Å². The van der Waals surface area contributed by atoms with Gasteiger partial charge in [0.2, 0.25) is 0 Å². The normalized spacial score (nSPS) is 12.7. The quantitative estimate of drug-likeness (QED) is 0.504. The number of aliphatic hydroxyl groups is 1. The summed E-state index contributed by atoms with van der Waals surface area (Å²) >= 11 is 0. The zero-order valence-corrected chi connectivity index (χ0v) is 18.1. The van der Waals surface area contributed by atoms with Crippen molar-refractivity contribution in [2.45, 2.75) is 39.1 Å². The summed E-state index contributed by atoms with van der Waals surface area (Å²) in [5.41, 5.74) is 10.2. The van der Waals surface area contributed by atoms with E-state index in [1.165, 1.54) is 5.56 Å². The van der Waals surface area contributed by atoms with Crippen molar-refractivity contribution in [1.82, 2.24) is 14.8 Å². The molecule has 6 heteroatoms. The molecule has 0 aliphatic carbocycles. The van der Waals surface area contributed by atoms with Crippen molar-refractivity contribution in [2.24, 2.45) is 5.73 Å². The first-order chi connectivity index (χ1) is 14.1. The van der Waals surface area contributed by atoms with Crippen LogP contribution in [0, 0.1) is 0 Å². The molecule has 3 N–H and O–H groups in total. The molecule has 0 aliphatic heterocycles. The molecule has 160 valence electrons. The molecule has 0 fully saturated rings. The third kappa shape index (κ3) is 7.49. The lowest BCUT2D eigenvalue weighted by atomic mass is 10.0. The van der Waals surface area contributed by atoms with Crippen LogP contribution in [0.1, 0.15) is 31.0 Å². The zero-order valence-electron chi connectivity index (χ0n) is 18.1. The summed E-state index contributed by atoms with van der Waals surface area (Å²) in [6, 6.07) is 12.7. The highest BCUT2D eigenvalue weighted by atomic mass is 16.5. The van der Waals surface area contributed by atoms with Crippen LogP contribution >= 0.6 is 0 Å². The van der Waals surface area contributed by atoms with E-state index in [9.17, 15) is 5.11 Å². The Labute approximate surface area is 175 Å². The van der Waals surface area contributed by atoms with Gasteiger partial charge in [-0.1, -0.05) is 37.6 Å². The number of likely N-dealkylation sites (N-methyl/N-ethyl adjacent to an activating group) is 1. The number of methoxy groups -OCH3 is 1. The van der Waals surface area contributed by atoms with E-state index >= 15 is 0 Å². The number of hydrogen-bond donors (Lipinski definition) is 2. The number of rotatable bonds is 13. The van der Waals surface area contributed by atoms with Crippen molar-refractivity contribution in [3.8, 4) is 11.1 Å². The summed E-state index contributed by atoms with van der Waals surface area (Å²) < 4.78 is 5.41. The Morgan fingerprint density at radius 3 is 2.59 bits per heavy atom. The number of ether oxygens (including phenoxy) is 1. The topological polar surface area (TPSA) is 74.9 Å². The summed E-state index contributed by atoms with van der Waals surface area (Å²) in [5, 5.41) is 9.28. The monoisotopic (exact) mass is 400 g/mol. The number of hydrogen-bond acceptors (Lipinski definition) is 6. The predicted molar refractivity (Wildman–Crippen MR) is 118 cm³/mol. The van der Waals surface area contributed by atoms with Crippen molar-refractivity contribution in [2.75, 3.05) is 40.4 Å². The van der Waals surface area contributed by atoms with E-state index in [1.54, 1.807) is 7.11 Å². The molecule has 0 aliphatic rings. The first kappa shape index (κ1) is 23.4. The van der Waals surface area contributed by atoms with E-state index in [0.29, 0.717) is 13.1 Å². The van der Waals surface area contributed by atoms with Gasteiger partial charge in [-0.25, -0.2) is 0 Å². The van der Waals surface area contributed by atoms with Crippen LogP contribution in [0.15, 0.2) is 42.6 Å². The minimum absolute atomic E-state index is 0.0887. The van der Waals surface area contributed by atoms with Gasteiger partial charge in [0.05, 0.1) is 12.3 Å². The van der Waals surface area contributed by atoms with Gasteiger partial charge in [0, 0.05) is 45.0 Å². The summed E-state index contributed by atoms with van der Waals surface area (Å²) in [7, 11) is 3.70. The maximum atomic E-state index is 9.28. The van der Waals surface area contributed by atoms with Crippen LogP contribution in [-0.4, -0.2) is 66.5 Å². The maximum absolute atomic E-state index is 9.28. The summed E-state index contributed by atoms with van der Waals surface area (Å²) in [6.07, 6.45) is 4.13.